The Morgan fingerprint density at radius 3 is 2.24 bits per heavy atom. The summed E-state index contributed by atoms with van der Waals surface area (Å²) in [4.78, 5) is 22.8. The van der Waals surface area contributed by atoms with Crippen LogP contribution in [0, 0.1) is 0 Å². The van der Waals surface area contributed by atoms with Crippen LogP contribution in [0.4, 0.5) is 16.2 Å². The van der Waals surface area contributed by atoms with E-state index in [0.717, 1.165) is 17.7 Å². The molecule has 2 rings (SSSR count). The minimum Gasteiger partial charge on any atom is -0.491 e. The average molecular weight is 341 g/mol. The number of para-hydroxylation sites is 1. The summed E-state index contributed by atoms with van der Waals surface area (Å²) in [5.74, 6) is 0.712. The van der Waals surface area contributed by atoms with E-state index in [1.54, 1.807) is 24.3 Å². The van der Waals surface area contributed by atoms with Gasteiger partial charge in [0.25, 0.3) is 0 Å². The average Bonchev–Trinajstić information content (AvgIpc) is 2.60. The van der Waals surface area contributed by atoms with Crippen molar-refractivity contribution in [2.45, 2.75) is 20.3 Å². The molecule has 0 heterocycles. The lowest BCUT2D eigenvalue weighted by molar-refractivity contribution is -0.114. The Hall–Kier alpha value is -3.02. The number of nitrogens with one attached hydrogen (secondary N) is 3. The first-order valence-electron chi connectivity index (χ1n) is 8.21. The Labute approximate surface area is 147 Å². The molecule has 0 aliphatic carbocycles. The van der Waals surface area contributed by atoms with E-state index in [0.29, 0.717) is 24.5 Å². The Balaban J connectivity index is 1.72. The van der Waals surface area contributed by atoms with Crippen LogP contribution < -0.4 is 20.7 Å². The summed E-state index contributed by atoms with van der Waals surface area (Å²) in [6.07, 6.45) is 0.901. The summed E-state index contributed by atoms with van der Waals surface area (Å²) < 4.78 is 5.70. The van der Waals surface area contributed by atoms with Gasteiger partial charge in [0.1, 0.15) is 12.4 Å². The van der Waals surface area contributed by atoms with Crippen molar-refractivity contribution in [2.24, 2.45) is 0 Å². The summed E-state index contributed by atoms with van der Waals surface area (Å²) in [6.45, 7) is 4.31. The molecule has 0 aliphatic heterocycles. The number of hydrogen-bond donors (Lipinski definition) is 3. The van der Waals surface area contributed by atoms with Crippen LogP contribution in [0.2, 0.25) is 0 Å². The van der Waals surface area contributed by atoms with E-state index in [-0.39, 0.29) is 11.9 Å². The second-order valence-corrected chi connectivity index (χ2v) is 5.45. The van der Waals surface area contributed by atoms with E-state index >= 15 is 0 Å². The zero-order chi connectivity index (χ0) is 18.1. The predicted molar refractivity (Wildman–Crippen MR) is 99.1 cm³/mol. The van der Waals surface area contributed by atoms with Crippen LogP contribution in [0.15, 0.2) is 48.5 Å². The van der Waals surface area contributed by atoms with Gasteiger partial charge in [0, 0.05) is 18.3 Å². The van der Waals surface area contributed by atoms with Gasteiger partial charge in [0.2, 0.25) is 5.91 Å². The van der Waals surface area contributed by atoms with Gasteiger partial charge in [-0.1, -0.05) is 25.1 Å². The van der Waals surface area contributed by atoms with Crippen LogP contribution in [0.25, 0.3) is 0 Å². The van der Waals surface area contributed by atoms with Crippen molar-refractivity contribution in [3.63, 3.8) is 0 Å². The molecule has 0 unspecified atom stereocenters. The van der Waals surface area contributed by atoms with E-state index in [9.17, 15) is 9.59 Å². The van der Waals surface area contributed by atoms with E-state index in [1.807, 2.05) is 24.3 Å². The molecule has 0 aromatic heterocycles. The van der Waals surface area contributed by atoms with Crippen LogP contribution in [0.1, 0.15) is 19.4 Å². The molecule has 132 valence electrons. The second-order valence-electron chi connectivity index (χ2n) is 5.45. The highest BCUT2D eigenvalue weighted by molar-refractivity contribution is 5.91. The highest BCUT2D eigenvalue weighted by atomic mass is 16.5. The maximum absolute atomic E-state index is 11.9. The van der Waals surface area contributed by atoms with Gasteiger partial charge in [-0.3, -0.25) is 4.79 Å². The van der Waals surface area contributed by atoms with Crippen molar-refractivity contribution >= 4 is 23.3 Å². The number of carbonyl (C=O) groups excluding carboxylic acids is 2. The van der Waals surface area contributed by atoms with Crippen LogP contribution in [0.5, 0.6) is 5.75 Å². The van der Waals surface area contributed by atoms with Gasteiger partial charge < -0.3 is 20.7 Å². The first kappa shape index (κ1) is 18.3. The molecule has 2 aromatic carbocycles. The third-order valence-electron chi connectivity index (χ3n) is 3.46. The van der Waals surface area contributed by atoms with Gasteiger partial charge in [0.05, 0.1) is 6.54 Å². The first-order valence-corrected chi connectivity index (χ1v) is 8.21. The monoisotopic (exact) mass is 341 g/mol. The Kier molecular flexibility index (Phi) is 6.83. The van der Waals surface area contributed by atoms with E-state index in [1.165, 1.54) is 6.92 Å². The molecule has 0 bridgehead atoms. The van der Waals surface area contributed by atoms with Crippen molar-refractivity contribution in [3.8, 4) is 5.75 Å². The fraction of sp³-hybridized carbons (Fsp3) is 0.263. The summed E-state index contributed by atoms with van der Waals surface area (Å²) in [6, 6.07) is 14.4. The molecule has 0 atom stereocenters. The molecule has 3 N–H and O–H groups in total. The molecule has 6 nitrogen and oxygen atoms in total. The molecule has 6 heteroatoms. The third-order valence-corrected chi connectivity index (χ3v) is 3.46. The number of benzene rings is 2. The largest absolute Gasteiger partial charge is 0.491 e. The van der Waals surface area contributed by atoms with Crippen molar-refractivity contribution in [2.75, 3.05) is 23.8 Å². The number of hydrogen-bond acceptors (Lipinski definition) is 3. The van der Waals surface area contributed by atoms with Gasteiger partial charge >= 0.3 is 6.03 Å². The molecule has 0 saturated heterocycles. The fourth-order valence-corrected chi connectivity index (χ4v) is 2.28. The zero-order valence-electron chi connectivity index (χ0n) is 14.5. The Morgan fingerprint density at radius 1 is 0.960 bits per heavy atom. The SMILES string of the molecule is CCc1ccccc1OCCNC(=O)Nc1ccc(NC(C)=O)cc1. The van der Waals surface area contributed by atoms with Crippen molar-refractivity contribution in [1.82, 2.24) is 5.32 Å². The third kappa shape index (κ3) is 6.18. The summed E-state index contributed by atoms with van der Waals surface area (Å²) in [5.41, 5.74) is 2.47. The topological polar surface area (TPSA) is 79.5 Å². The molecule has 0 aliphatic rings. The van der Waals surface area contributed by atoms with Gasteiger partial charge in [-0.25, -0.2) is 4.79 Å². The predicted octanol–water partition coefficient (Wildman–Crippen LogP) is 3.41. The summed E-state index contributed by atoms with van der Waals surface area (Å²) in [7, 11) is 0. The molecular weight excluding hydrogens is 318 g/mol. The van der Waals surface area contributed by atoms with Crippen molar-refractivity contribution in [3.05, 3.63) is 54.1 Å². The lowest BCUT2D eigenvalue weighted by Gasteiger charge is -2.11. The second kappa shape index (κ2) is 9.32. The minimum atomic E-state index is -0.306. The van der Waals surface area contributed by atoms with E-state index in [2.05, 4.69) is 22.9 Å². The van der Waals surface area contributed by atoms with Crippen LogP contribution in [0.3, 0.4) is 0 Å². The molecule has 25 heavy (non-hydrogen) atoms. The lowest BCUT2D eigenvalue weighted by atomic mass is 10.1. The number of ether oxygens (including phenoxy) is 1. The minimum absolute atomic E-state index is 0.136. The summed E-state index contributed by atoms with van der Waals surface area (Å²) >= 11 is 0. The van der Waals surface area contributed by atoms with Crippen LogP contribution >= 0.6 is 0 Å². The molecule has 0 spiro atoms. The van der Waals surface area contributed by atoms with Gasteiger partial charge in [-0.05, 0) is 42.3 Å². The molecule has 0 saturated carbocycles. The van der Waals surface area contributed by atoms with E-state index < -0.39 is 0 Å². The Bertz CT molecular complexity index is 714. The number of amides is 3. The normalized spacial score (nSPS) is 10.0. The number of rotatable bonds is 7. The van der Waals surface area contributed by atoms with Crippen LogP contribution in [-0.2, 0) is 11.2 Å². The Morgan fingerprint density at radius 2 is 1.60 bits per heavy atom. The molecular formula is C19H23N3O3. The van der Waals surface area contributed by atoms with Gasteiger partial charge in [-0.2, -0.15) is 0 Å². The molecule has 3 amide bonds. The zero-order valence-corrected chi connectivity index (χ0v) is 14.5. The number of carbonyl (C=O) groups is 2. The van der Waals surface area contributed by atoms with Gasteiger partial charge in [0.15, 0.2) is 0 Å². The standard InChI is InChI=1S/C19H23N3O3/c1-3-15-6-4-5-7-18(15)25-13-12-20-19(24)22-17-10-8-16(9-11-17)21-14(2)23/h4-11H,3,12-13H2,1-2H3,(H,21,23)(H2,20,22,24). The molecule has 2 aromatic rings. The maximum Gasteiger partial charge on any atom is 0.319 e. The number of urea groups is 1. The van der Waals surface area contributed by atoms with Crippen molar-refractivity contribution < 1.29 is 14.3 Å². The van der Waals surface area contributed by atoms with Crippen molar-refractivity contribution in [1.29, 1.82) is 0 Å². The first-order chi connectivity index (χ1) is 12.1. The molecule has 0 radical (unpaired) electrons. The highest BCUT2D eigenvalue weighted by Gasteiger charge is 2.03. The summed E-state index contributed by atoms with van der Waals surface area (Å²) in [5, 5.41) is 8.13. The molecule has 0 fully saturated rings. The van der Waals surface area contributed by atoms with Crippen LogP contribution in [-0.4, -0.2) is 25.1 Å². The quantitative estimate of drug-likeness (QED) is 0.675. The van der Waals surface area contributed by atoms with Gasteiger partial charge in [-0.15, -0.1) is 0 Å². The highest BCUT2D eigenvalue weighted by Crippen LogP contribution is 2.18. The fourth-order valence-electron chi connectivity index (χ4n) is 2.28. The number of aryl methyl sites for hydroxylation is 1. The van der Waals surface area contributed by atoms with E-state index in [4.69, 9.17) is 4.74 Å². The lowest BCUT2D eigenvalue weighted by Crippen LogP contribution is -2.32. The smallest absolute Gasteiger partial charge is 0.319 e. The number of anilines is 2. The maximum atomic E-state index is 11.9.